The highest BCUT2D eigenvalue weighted by Gasteiger charge is 2.10. The van der Waals surface area contributed by atoms with Gasteiger partial charge in [-0.1, -0.05) is 34.2 Å². The van der Waals surface area contributed by atoms with Crippen LogP contribution in [0.1, 0.15) is 11.3 Å². The molecule has 19 heavy (non-hydrogen) atoms. The molecule has 0 fully saturated rings. The smallest absolute Gasteiger partial charge is 0.210 e. The monoisotopic (exact) mass is 272 g/mol. The molecule has 1 N–H and O–H groups in total. The van der Waals surface area contributed by atoms with Crippen LogP contribution in [0.25, 0.3) is 10.7 Å². The van der Waals surface area contributed by atoms with Crippen molar-refractivity contribution < 1.29 is 4.52 Å². The van der Waals surface area contributed by atoms with Crippen molar-refractivity contribution in [3.8, 4) is 10.7 Å². The Morgan fingerprint density at radius 2 is 1.89 bits per heavy atom. The summed E-state index contributed by atoms with van der Waals surface area (Å²) in [7, 11) is 0. The number of rotatable bonds is 3. The topological polar surface area (TPSA) is 63.8 Å². The molecule has 0 aliphatic rings. The minimum Gasteiger partial charge on any atom is -0.361 e. The van der Waals surface area contributed by atoms with Crippen molar-refractivity contribution >= 4 is 22.2 Å². The quantitative estimate of drug-likeness (QED) is 0.789. The summed E-state index contributed by atoms with van der Waals surface area (Å²) < 4.78 is 5.03. The van der Waals surface area contributed by atoms with Crippen LogP contribution >= 0.6 is 11.3 Å². The van der Waals surface area contributed by atoms with E-state index in [9.17, 15) is 0 Å². The highest BCUT2D eigenvalue weighted by molar-refractivity contribution is 7.18. The molecule has 0 spiro atoms. The lowest BCUT2D eigenvalue weighted by molar-refractivity contribution is 0.399. The van der Waals surface area contributed by atoms with E-state index in [1.165, 1.54) is 16.9 Å². The van der Waals surface area contributed by atoms with E-state index >= 15 is 0 Å². The third-order valence-corrected chi connectivity index (χ3v) is 3.44. The van der Waals surface area contributed by atoms with E-state index in [0.29, 0.717) is 5.69 Å². The van der Waals surface area contributed by atoms with Gasteiger partial charge in [0, 0.05) is 11.8 Å². The van der Waals surface area contributed by atoms with E-state index in [0.717, 1.165) is 21.6 Å². The minimum absolute atomic E-state index is 0.715. The number of anilines is 2. The molecular formula is C13H12N4OS. The molecule has 0 aliphatic carbocycles. The number of hydrogen-bond acceptors (Lipinski definition) is 6. The van der Waals surface area contributed by atoms with E-state index in [-0.39, 0.29) is 0 Å². The fourth-order valence-electron chi connectivity index (χ4n) is 1.60. The summed E-state index contributed by atoms with van der Waals surface area (Å²) in [5, 5.41) is 16.8. The average Bonchev–Trinajstić information content (AvgIpc) is 3.01. The van der Waals surface area contributed by atoms with Crippen LogP contribution in [0.3, 0.4) is 0 Å². The molecule has 3 aromatic rings. The minimum atomic E-state index is 0.715. The second-order valence-corrected chi connectivity index (χ2v) is 5.20. The Morgan fingerprint density at radius 1 is 1.11 bits per heavy atom. The lowest BCUT2D eigenvalue weighted by Gasteiger charge is -2.01. The Labute approximate surface area is 114 Å². The Balaban J connectivity index is 1.80. The van der Waals surface area contributed by atoms with E-state index in [4.69, 9.17) is 4.52 Å². The molecule has 6 heteroatoms. The summed E-state index contributed by atoms with van der Waals surface area (Å²) in [5.74, 6) is 0.762. The van der Waals surface area contributed by atoms with Gasteiger partial charge < -0.3 is 9.84 Å². The Hall–Kier alpha value is -2.21. The summed E-state index contributed by atoms with van der Waals surface area (Å²) in [6.45, 7) is 3.91. The maximum absolute atomic E-state index is 5.03. The molecule has 5 nitrogen and oxygen atoms in total. The number of benzene rings is 1. The van der Waals surface area contributed by atoms with Crippen LogP contribution in [0.15, 0.2) is 34.9 Å². The fourth-order valence-corrected chi connectivity index (χ4v) is 2.32. The van der Waals surface area contributed by atoms with Crippen LogP contribution < -0.4 is 5.32 Å². The van der Waals surface area contributed by atoms with Crippen LogP contribution in [-0.4, -0.2) is 15.4 Å². The van der Waals surface area contributed by atoms with Crippen molar-refractivity contribution in [1.29, 1.82) is 0 Å². The van der Waals surface area contributed by atoms with Crippen molar-refractivity contribution in [2.24, 2.45) is 0 Å². The van der Waals surface area contributed by atoms with Crippen LogP contribution in [0.2, 0.25) is 0 Å². The predicted octanol–water partition coefficient (Wildman–Crippen LogP) is 3.55. The molecule has 0 aliphatic heterocycles. The highest BCUT2D eigenvalue weighted by Crippen LogP contribution is 2.27. The summed E-state index contributed by atoms with van der Waals surface area (Å²) in [5.41, 5.74) is 2.93. The van der Waals surface area contributed by atoms with Gasteiger partial charge in [0.15, 0.2) is 5.01 Å². The molecule has 0 unspecified atom stereocenters. The van der Waals surface area contributed by atoms with Gasteiger partial charge in [-0.3, -0.25) is 0 Å². The summed E-state index contributed by atoms with van der Waals surface area (Å²) in [6, 6.07) is 9.96. The lowest BCUT2D eigenvalue weighted by Crippen LogP contribution is -1.88. The first-order valence-electron chi connectivity index (χ1n) is 5.81. The molecule has 0 saturated carbocycles. The van der Waals surface area contributed by atoms with E-state index in [1.54, 1.807) is 0 Å². The van der Waals surface area contributed by atoms with Crippen molar-refractivity contribution in [2.75, 3.05) is 5.32 Å². The van der Waals surface area contributed by atoms with Crippen LogP contribution in [0.4, 0.5) is 10.8 Å². The zero-order valence-corrected chi connectivity index (χ0v) is 11.4. The fraction of sp³-hybridized carbons (Fsp3) is 0.154. The lowest BCUT2D eigenvalue weighted by atomic mass is 10.2. The molecule has 2 aromatic heterocycles. The van der Waals surface area contributed by atoms with Crippen molar-refractivity contribution in [3.63, 3.8) is 0 Å². The molecule has 0 radical (unpaired) electrons. The first-order chi connectivity index (χ1) is 9.20. The first kappa shape index (κ1) is 11.9. The second kappa shape index (κ2) is 4.81. The standard InChI is InChI=1S/C13H12N4OS/c1-8-3-5-10(6-4-8)14-13-16-15-12(19-13)11-7-9(2)18-17-11/h3-7H,1-2H3,(H,14,16). The van der Waals surface area contributed by atoms with Crippen molar-refractivity contribution in [1.82, 2.24) is 15.4 Å². The zero-order chi connectivity index (χ0) is 13.2. The third-order valence-electron chi connectivity index (χ3n) is 2.57. The SMILES string of the molecule is Cc1ccc(Nc2nnc(-c3cc(C)on3)s2)cc1. The maximum Gasteiger partial charge on any atom is 0.210 e. The molecule has 1 aromatic carbocycles. The molecule has 2 heterocycles. The van der Waals surface area contributed by atoms with Crippen LogP contribution in [0.5, 0.6) is 0 Å². The van der Waals surface area contributed by atoms with Crippen molar-refractivity contribution in [2.45, 2.75) is 13.8 Å². The van der Waals surface area contributed by atoms with Crippen LogP contribution in [0, 0.1) is 13.8 Å². The number of nitrogens with one attached hydrogen (secondary N) is 1. The van der Waals surface area contributed by atoms with Gasteiger partial charge in [0.2, 0.25) is 5.13 Å². The second-order valence-electron chi connectivity index (χ2n) is 4.23. The van der Waals surface area contributed by atoms with Gasteiger partial charge in [-0.05, 0) is 26.0 Å². The molecular weight excluding hydrogens is 260 g/mol. The van der Waals surface area contributed by atoms with Crippen molar-refractivity contribution in [3.05, 3.63) is 41.7 Å². The van der Waals surface area contributed by atoms with Crippen LogP contribution in [-0.2, 0) is 0 Å². The number of aryl methyl sites for hydroxylation is 2. The third kappa shape index (κ3) is 2.63. The average molecular weight is 272 g/mol. The maximum atomic E-state index is 5.03. The number of aromatic nitrogens is 3. The Kier molecular flexibility index (Phi) is 3.00. The number of hydrogen-bond donors (Lipinski definition) is 1. The predicted molar refractivity (Wildman–Crippen MR) is 74.6 cm³/mol. The molecule has 96 valence electrons. The normalized spacial score (nSPS) is 10.6. The zero-order valence-electron chi connectivity index (χ0n) is 10.5. The Morgan fingerprint density at radius 3 is 2.58 bits per heavy atom. The van der Waals surface area contributed by atoms with Gasteiger partial charge in [0.25, 0.3) is 0 Å². The van der Waals surface area contributed by atoms with Gasteiger partial charge in [0.05, 0.1) is 0 Å². The van der Waals surface area contributed by atoms with E-state index in [2.05, 4.69) is 27.6 Å². The van der Waals surface area contributed by atoms with Gasteiger partial charge >= 0.3 is 0 Å². The number of nitrogens with zero attached hydrogens (tertiary/aromatic N) is 3. The summed E-state index contributed by atoms with van der Waals surface area (Å²) in [4.78, 5) is 0. The summed E-state index contributed by atoms with van der Waals surface area (Å²) in [6.07, 6.45) is 0. The molecule has 0 atom stereocenters. The first-order valence-corrected chi connectivity index (χ1v) is 6.63. The molecule has 0 saturated heterocycles. The largest absolute Gasteiger partial charge is 0.361 e. The van der Waals surface area contributed by atoms with Gasteiger partial charge in [-0.2, -0.15) is 0 Å². The molecule has 3 rings (SSSR count). The van der Waals surface area contributed by atoms with E-state index in [1.807, 2.05) is 37.3 Å². The molecule has 0 amide bonds. The summed E-state index contributed by atoms with van der Waals surface area (Å²) >= 11 is 1.44. The van der Waals surface area contributed by atoms with Gasteiger partial charge in [-0.15, -0.1) is 10.2 Å². The Bertz CT molecular complexity index is 687. The van der Waals surface area contributed by atoms with Gasteiger partial charge in [-0.25, -0.2) is 0 Å². The molecule has 0 bridgehead atoms. The highest BCUT2D eigenvalue weighted by atomic mass is 32.1. The van der Waals surface area contributed by atoms with E-state index < -0.39 is 0 Å². The van der Waals surface area contributed by atoms with Gasteiger partial charge in [0.1, 0.15) is 11.5 Å².